The number of carboxylic acid groups (broad SMARTS) is 1. The number of carbonyl (C=O) groups excluding carboxylic acids is 3. The van der Waals surface area contributed by atoms with Crippen molar-refractivity contribution in [3.63, 3.8) is 0 Å². The lowest BCUT2D eigenvalue weighted by atomic mass is 10.0. The van der Waals surface area contributed by atoms with Gasteiger partial charge in [-0.3, -0.25) is 9.59 Å². The maximum atomic E-state index is 12.8. The van der Waals surface area contributed by atoms with Crippen LogP contribution in [-0.2, 0) is 28.6 Å². The van der Waals surface area contributed by atoms with Crippen LogP contribution in [0.5, 0.6) is 0 Å². The van der Waals surface area contributed by atoms with E-state index in [4.69, 9.17) is 14.2 Å². The lowest BCUT2D eigenvalue weighted by Crippen LogP contribution is -2.55. The van der Waals surface area contributed by atoms with Gasteiger partial charge in [-0.15, -0.1) is 0 Å². The zero-order valence-corrected chi connectivity index (χ0v) is 44.7. The summed E-state index contributed by atoms with van der Waals surface area (Å²) in [6, 6.07) is -0.738. The van der Waals surface area contributed by atoms with Gasteiger partial charge in [0.25, 0.3) is 0 Å². The van der Waals surface area contributed by atoms with E-state index in [1.165, 1.54) is 70.6 Å². The number of ether oxygens (including phenoxy) is 3. The number of likely N-dealkylation sites (N-methyl/N-ethyl adjacent to an activating group) is 1. The summed E-state index contributed by atoms with van der Waals surface area (Å²) in [6.45, 7) is 4.41. The average Bonchev–Trinajstić information content (AvgIpc) is 3.31. The summed E-state index contributed by atoms with van der Waals surface area (Å²) in [5.41, 5.74) is 0. The van der Waals surface area contributed by atoms with E-state index in [2.05, 4.69) is 123 Å². The fourth-order valence-electron chi connectivity index (χ4n) is 7.50. The lowest BCUT2D eigenvalue weighted by molar-refractivity contribution is -0.889. The summed E-state index contributed by atoms with van der Waals surface area (Å²) in [7, 11) is 5.40. The van der Waals surface area contributed by atoms with Crippen molar-refractivity contribution in [2.45, 2.75) is 219 Å². The molecule has 2 unspecified atom stereocenters. The third-order valence-electron chi connectivity index (χ3n) is 11.7. The smallest absolute Gasteiger partial charge is 0.306 e. The van der Waals surface area contributed by atoms with E-state index in [0.717, 1.165) is 103 Å². The zero-order valence-electron chi connectivity index (χ0n) is 44.7. The second-order valence-electron chi connectivity index (χ2n) is 19.1. The molecule has 0 saturated heterocycles. The second kappa shape index (κ2) is 50.4. The Bertz CT molecular complexity index is 1490. The number of carbonyl (C=O) groups is 3. The van der Waals surface area contributed by atoms with Crippen molar-refractivity contribution in [1.82, 2.24) is 0 Å². The van der Waals surface area contributed by atoms with E-state index < -0.39 is 18.1 Å². The molecule has 8 nitrogen and oxygen atoms in total. The van der Waals surface area contributed by atoms with Gasteiger partial charge in [-0.2, -0.15) is 0 Å². The summed E-state index contributed by atoms with van der Waals surface area (Å²) >= 11 is 0. The number of allylic oxidation sites excluding steroid dienone is 18. The number of esters is 2. The summed E-state index contributed by atoms with van der Waals surface area (Å²) in [5, 5.41) is 11.7. The van der Waals surface area contributed by atoms with Crippen LogP contribution in [0.3, 0.4) is 0 Å². The van der Waals surface area contributed by atoms with Crippen molar-refractivity contribution < 1.29 is 38.2 Å². The van der Waals surface area contributed by atoms with Crippen LogP contribution in [-0.4, -0.2) is 75.5 Å². The maximum absolute atomic E-state index is 12.8. The first-order valence-electron chi connectivity index (χ1n) is 27.4. The van der Waals surface area contributed by atoms with Crippen molar-refractivity contribution in [3.05, 3.63) is 109 Å². The standard InChI is InChI=1S/C61H101NO7/c1-6-8-10-12-14-16-18-20-22-24-26-28-30-32-34-36-38-40-42-44-46-48-50-52-60(64)69-57(55-67-54-53-58(61(65)66)62(3,4)5)56-68-59(63)51-49-47-45-43-41-39-37-35-33-31-29-27-25-23-21-19-17-15-13-11-9-7-2/h8-11,14-17,20-23,27,29,33,35,39,41,57-58H,6-7,12-13,18-19,24-26,28,30-32,34,36-38,40,42-56H2,1-5H3/b10-8+,11-9+,16-14+,17-15+,22-20+,23-21+,29-27+,35-33+,41-39+. The van der Waals surface area contributed by atoms with Crippen molar-refractivity contribution in [2.24, 2.45) is 0 Å². The number of unbranched alkanes of at least 4 members (excludes halogenated alkanes) is 16. The monoisotopic (exact) mass is 960 g/mol. The first-order valence-corrected chi connectivity index (χ1v) is 27.4. The number of nitrogens with zero attached hydrogens (tertiary/aromatic N) is 1. The lowest BCUT2D eigenvalue weighted by Gasteiger charge is -2.34. The third-order valence-corrected chi connectivity index (χ3v) is 11.7. The highest BCUT2D eigenvalue weighted by Gasteiger charge is 2.25. The Balaban J connectivity index is 4.28. The number of hydrogen-bond acceptors (Lipinski definition) is 7. The summed E-state index contributed by atoms with van der Waals surface area (Å²) in [5.74, 6) is -1.79. The van der Waals surface area contributed by atoms with Gasteiger partial charge in [0, 0.05) is 19.3 Å². The van der Waals surface area contributed by atoms with Crippen LogP contribution in [0.2, 0.25) is 0 Å². The average molecular weight is 960 g/mol. The summed E-state index contributed by atoms with van der Waals surface area (Å²) < 4.78 is 17.2. The molecular weight excluding hydrogens is 859 g/mol. The molecule has 69 heavy (non-hydrogen) atoms. The predicted octanol–water partition coefficient (Wildman–Crippen LogP) is 15.0. The topological polar surface area (TPSA) is 102 Å². The number of hydrogen-bond donors (Lipinski definition) is 0. The molecule has 0 aliphatic heterocycles. The number of quaternary nitrogens is 1. The van der Waals surface area contributed by atoms with Crippen molar-refractivity contribution in [2.75, 3.05) is 41.0 Å². The molecule has 0 aliphatic rings. The molecule has 0 aromatic rings. The molecule has 0 N–H and O–H groups in total. The van der Waals surface area contributed by atoms with Gasteiger partial charge in [0.1, 0.15) is 12.6 Å². The normalized spacial score (nSPS) is 13.7. The Morgan fingerprint density at radius 1 is 0.435 bits per heavy atom. The first kappa shape index (κ1) is 65.0. The second-order valence-corrected chi connectivity index (χ2v) is 19.1. The molecule has 0 spiro atoms. The van der Waals surface area contributed by atoms with Crippen LogP contribution in [0.15, 0.2) is 109 Å². The molecule has 0 fully saturated rings. The Kier molecular flexibility index (Phi) is 47.5. The molecule has 0 bridgehead atoms. The molecule has 0 aromatic heterocycles. The number of carboxylic acids is 1. The van der Waals surface area contributed by atoms with Gasteiger partial charge in [-0.05, 0) is 96.3 Å². The van der Waals surface area contributed by atoms with Crippen LogP contribution in [0.1, 0.15) is 206 Å². The van der Waals surface area contributed by atoms with Gasteiger partial charge in [0.15, 0.2) is 6.10 Å². The van der Waals surface area contributed by atoms with Crippen molar-refractivity contribution >= 4 is 17.9 Å². The Labute approximate surface area is 423 Å². The zero-order chi connectivity index (χ0) is 50.6. The van der Waals surface area contributed by atoms with Crippen LogP contribution in [0.4, 0.5) is 0 Å². The van der Waals surface area contributed by atoms with Gasteiger partial charge in [-0.1, -0.05) is 200 Å². The van der Waals surface area contributed by atoms with Gasteiger partial charge in [0.2, 0.25) is 0 Å². The molecule has 0 heterocycles. The quantitative estimate of drug-likeness (QED) is 0.0259. The van der Waals surface area contributed by atoms with Gasteiger partial charge in [-0.25, -0.2) is 0 Å². The van der Waals surface area contributed by atoms with E-state index in [-0.39, 0.29) is 42.7 Å². The first-order chi connectivity index (χ1) is 33.6. The van der Waals surface area contributed by atoms with Gasteiger partial charge in [0.05, 0.1) is 40.3 Å². The third kappa shape index (κ3) is 48.8. The highest BCUT2D eigenvalue weighted by Crippen LogP contribution is 2.15. The van der Waals surface area contributed by atoms with Gasteiger partial charge >= 0.3 is 11.9 Å². The van der Waals surface area contributed by atoms with Crippen LogP contribution < -0.4 is 5.11 Å². The fourth-order valence-corrected chi connectivity index (χ4v) is 7.50. The van der Waals surface area contributed by atoms with Crippen LogP contribution >= 0.6 is 0 Å². The van der Waals surface area contributed by atoms with E-state index >= 15 is 0 Å². The molecule has 392 valence electrons. The Morgan fingerprint density at radius 2 is 0.768 bits per heavy atom. The summed E-state index contributed by atoms with van der Waals surface area (Å²) in [4.78, 5) is 37.1. The molecule has 0 aliphatic carbocycles. The molecule has 0 aromatic carbocycles. The molecule has 0 radical (unpaired) electrons. The molecule has 2 atom stereocenters. The Hall–Kier alpha value is -4.01. The molecule has 0 amide bonds. The minimum Gasteiger partial charge on any atom is -0.544 e. The highest BCUT2D eigenvalue weighted by atomic mass is 16.6. The Morgan fingerprint density at radius 3 is 1.14 bits per heavy atom. The SMILES string of the molecule is CC/C=C/C/C=C/C/C=C/C/C=C/C/C=C/C/C=C/CCCCCC(=O)OCC(COCCC(C(=O)[O-])[N+](C)(C)C)OC(=O)CCCCCCCCCCCCCCC/C=C/C/C=C/C/C=C/CC. The molecule has 0 saturated carbocycles. The van der Waals surface area contributed by atoms with E-state index in [9.17, 15) is 19.5 Å². The largest absolute Gasteiger partial charge is 0.544 e. The predicted molar refractivity (Wildman–Crippen MR) is 291 cm³/mol. The molecule has 8 heteroatoms. The summed E-state index contributed by atoms with van der Waals surface area (Å²) in [6.07, 6.45) is 69.8. The maximum Gasteiger partial charge on any atom is 0.306 e. The van der Waals surface area contributed by atoms with E-state index in [1.54, 1.807) is 21.1 Å². The fraction of sp³-hybridized carbons (Fsp3) is 0.656. The minimum atomic E-state index is -1.13. The van der Waals surface area contributed by atoms with Crippen LogP contribution in [0, 0.1) is 0 Å². The highest BCUT2D eigenvalue weighted by molar-refractivity contribution is 5.70. The van der Waals surface area contributed by atoms with E-state index in [0.29, 0.717) is 12.8 Å². The molecular formula is C61H101NO7. The van der Waals surface area contributed by atoms with Crippen molar-refractivity contribution in [1.29, 1.82) is 0 Å². The van der Waals surface area contributed by atoms with Crippen LogP contribution in [0.25, 0.3) is 0 Å². The van der Waals surface area contributed by atoms with Gasteiger partial charge < -0.3 is 28.6 Å². The number of aliphatic carboxylic acids is 1. The number of rotatable bonds is 48. The van der Waals surface area contributed by atoms with Crippen molar-refractivity contribution in [3.8, 4) is 0 Å². The molecule has 0 rings (SSSR count). The minimum absolute atomic E-state index is 0.0234. The van der Waals surface area contributed by atoms with E-state index in [1.807, 2.05) is 0 Å².